The SMILES string of the molecule is Cc1nc(COc2cccnc2)sc1C(=O)NCc1cccnc1. The largest absolute Gasteiger partial charge is 0.485 e. The Kier molecular flexibility index (Phi) is 5.12. The highest BCUT2D eigenvalue weighted by atomic mass is 32.1. The van der Waals surface area contributed by atoms with Crippen LogP contribution in [0.5, 0.6) is 5.75 Å². The fourth-order valence-corrected chi connectivity index (χ4v) is 2.96. The lowest BCUT2D eigenvalue weighted by Crippen LogP contribution is -2.22. The maximum atomic E-state index is 12.3. The molecular formula is C17H16N4O2S. The first kappa shape index (κ1) is 16.1. The van der Waals surface area contributed by atoms with E-state index in [1.54, 1.807) is 30.9 Å². The Morgan fingerprint density at radius 1 is 1.21 bits per heavy atom. The fraction of sp³-hybridized carbons (Fsp3) is 0.176. The zero-order valence-corrected chi connectivity index (χ0v) is 13.9. The van der Waals surface area contributed by atoms with Crippen LogP contribution in [0.2, 0.25) is 0 Å². The Morgan fingerprint density at radius 2 is 2.00 bits per heavy atom. The van der Waals surface area contributed by atoms with Crippen molar-refractivity contribution in [2.24, 2.45) is 0 Å². The molecule has 6 nitrogen and oxygen atoms in total. The van der Waals surface area contributed by atoms with Crippen LogP contribution in [-0.4, -0.2) is 20.9 Å². The molecule has 3 heterocycles. The van der Waals surface area contributed by atoms with E-state index in [1.165, 1.54) is 11.3 Å². The molecule has 0 fully saturated rings. The third kappa shape index (κ3) is 4.14. The molecule has 3 rings (SSSR count). The highest BCUT2D eigenvalue weighted by molar-refractivity contribution is 7.13. The Hall–Kier alpha value is -2.80. The molecule has 0 saturated heterocycles. The molecule has 3 aromatic rings. The molecule has 3 aromatic heterocycles. The van der Waals surface area contributed by atoms with Gasteiger partial charge in [0, 0.05) is 25.1 Å². The summed E-state index contributed by atoms with van der Waals surface area (Å²) in [7, 11) is 0. The number of hydrogen-bond acceptors (Lipinski definition) is 6. The summed E-state index contributed by atoms with van der Waals surface area (Å²) in [6.45, 7) is 2.57. The summed E-state index contributed by atoms with van der Waals surface area (Å²) >= 11 is 1.34. The minimum atomic E-state index is -0.138. The van der Waals surface area contributed by atoms with Crippen molar-refractivity contribution >= 4 is 17.2 Å². The van der Waals surface area contributed by atoms with Gasteiger partial charge in [-0.15, -0.1) is 11.3 Å². The van der Waals surface area contributed by atoms with Crippen LogP contribution in [0.4, 0.5) is 0 Å². The zero-order chi connectivity index (χ0) is 16.8. The third-order valence-corrected chi connectivity index (χ3v) is 4.35. The van der Waals surface area contributed by atoms with Crippen molar-refractivity contribution in [2.45, 2.75) is 20.1 Å². The van der Waals surface area contributed by atoms with Crippen molar-refractivity contribution in [1.29, 1.82) is 0 Å². The molecule has 0 unspecified atom stereocenters. The molecule has 0 aromatic carbocycles. The van der Waals surface area contributed by atoms with Crippen molar-refractivity contribution in [1.82, 2.24) is 20.3 Å². The van der Waals surface area contributed by atoms with E-state index >= 15 is 0 Å². The van der Waals surface area contributed by atoms with Crippen LogP contribution in [-0.2, 0) is 13.2 Å². The third-order valence-electron chi connectivity index (χ3n) is 3.22. The number of carbonyl (C=O) groups is 1. The molecule has 1 N–H and O–H groups in total. The van der Waals surface area contributed by atoms with Gasteiger partial charge in [0.2, 0.25) is 0 Å². The number of aryl methyl sites for hydroxylation is 1. The van der Waals surface area contributed by atoms with Gasteiger partial charge in [0.15, 0.2) is 0 Å². The number of rotatable bonds is 6. The van der Waals surface area contributed by atoms with E-state index in [9.17, 15) is 4.79 Å². The normalized spacial score (nSPS) is 10.4. The summed E-state index contributed by atoms with van der Waals surface area (Å²) in [5, 5.41) is 3.64. The maximum Gasteiger partial charge on any atom is 0.263 e. The molecule has 24 heavy (non-hydrogen) atoms. The summed E-state index contributed by atoms with van der Waals surface area (Å²) < 4.78 is 5.61. The Labute approximate surface area is 143 Å². The van der Waals surface area contributed by atoms with Gasteiger partial charge < -0.3 is 10.1 Å². The highest BCUT2D eigenvalue weighted by Crippen LogP contribution is 2.20. The zero-order valence-electron chi connectivity index (χ0n) is 13.1. The summed E-state index contributed by atoms with van der Waals surface area (Å²) in [6.07, 6.45) is 6.76. The van der Waals surface area contributed by atoms with Crippen LogP contribution in [0.15, 0.2) is 49.1 Å². The predicted octanol–water partition coefficient (Wildman–Crippen LogP) is 2.75. The van der Waals surface area contributed by atoms with E-state index < -0.39 is 0 Å². The van der Waals surface area contributed by atoms with E-state index in [4.69, 9.17) is 4.74 Å². The first-order chi connectivity index (χ1) is 11.7. The molecule has 0 atom stereocenters. The number of thiazole rings is 1. The van der Waals surface area contributed by atoms with E-state index in [-0.39, 0.29) is 5.91 Å². The predicted molar refractivity (Wildman–Crippen MR) is 90.8 cm³/mol. The second kappa shape index (κ2) is 7.65. The van der Waals surface area contributed by atoms with Crippen molar-refractivity contribution in [3.8, 4) is 5.75 Å². The number of pyridine rings is 2. The quantitative estimate of drug-likeness (QED) is 0.746. The van der Waals surface area contributed by atoms with Crippen molar-refractivity contribution < 1.29 is 9.53 Å². The van der Waals surface area contributed by atoms with Crippen LogP contribution >= 0.6 is 11.3 Å². The van der Waals surface area contributed by atoms with Gasteiger partial charge in [-0.2, -0.15) is 0 Å². The fourth-order valence-electron chi connectivity index (χ4n) is 2.07. The molecule has 122 valence electrons. The van der Waals surface area contributed by atoms with E-state index in [2.05, 4.69) is 20.3 Å². The molecule has 7 heteroatoms. The van der Waals surface area contributed by atoms with E-state index in [1.807, 2.05) is 25.1 Å². The van der Waals surface area contributed by atoms with Crippen LogP contribution in [0.3, 0.4) is 0 Å². The van der Waals surface area contributed by atoms with Crippen molar-refractivity contribution in [3.63, 3.8) is 0 Å². The summed E-state index contributed by atoms with van der Waals surface area (Å²) in [5.74, 6) is 0.536. The highest BCUT2D eigenvalue weighted by Gasteiger charge is 2.15. The van der Waals surface area contributed by atoms with Crippen molar-refractivity contribution in [2.75, 3.05) is 0 Å². The number of ether oxygens (including phenoxy) is 1. The van der Waals surface area contributed by atoms with Crippen LogP contribution in [0.25, 0.3) is 0 Å². The topological polar surface area (TPSA) is 77.0 Å². The standard InChI is InChI=1S/C17H16N4O2S/c1-12-16(17(22)20-9-13-4-2-6-18-8-13)24-15(21-12)11-23-14-5-3-7-19-10-14/h2-8,10H,9,11H2,1H3,(H,20,22). The number of nitrogens with zero attached hydrogens (tertiary/aromatic N) is 3. The number of hydrogen-bond donors (Lipinski definition) is 1. The summed E-state index contributed by atoms with van der Waals surface area (Å²) in [5.41, 5.74) is 1.65. The number of aromatic nitrogens is 3. The lowest BCUT2D eigenvalue weighted by atomic mass is 10.3. The summed E-state index contributed by atoms with van der Waals surface area (Å²) in [6, 6.07) is 7.39. The average molecular weight is 340 g/mol. The monoisotopic (exact) mass is 340 g/mol. The first-order valence-corrected chi connectivity index (χ1v) is 8.20. The van der Waals surface area contributed by atoms with Gasteiger partial charge in [-0.1, -0.05) is 6.07 Å². The molecule has 0 saturated carbocycles. The number of nitrogens with one attached hydrogen (secondary N) is 1. The number of carbonyl (C=O) groups excluding carboxylic acids is 1. The van der Waals surface area contributed by atoms with Gasteiger partial charge in [0.1, 0.15) is 22.2 Å². The minimum Gasteiger partial charge on any atom is -0.485 e. The van der Waals surface area contributed by atoms with Crippen LogP contribution in [0.1, 0.15) is 25.9 Å². The molecular weight excluding hydrogens is 324 g/mol. The van der Waals surface area contributed by atoms with Gasteiger partial charge >= 0.3 is 0 Å². The van der Waals surface area contributed by atoms with Crippen LogP contribution in [0, 0.1) is 6.92 Å². The second-order valence-electron chi connectivity index (χ2n) is 5.04. The Balaban J connectivity index is 1.59. The molecule has 1 amide bonds. The second-order valence-corrected chi connectivity index (χ2v) is 6.13. The Bertz CT molecular complexity index is 806. The van der Waals surface area contributed by atoms with Gasteiger partial charge in [-0.25, -0.2) is 4.98 Å². The molecule has 0 bridgehead atoms. The van der Waals surface area contributed by atoms with Gasteiger partial charge in [-0.3, -0.25) is 14.8 Å². The van der Waals surface area contributed by atoms with Gasteiger partial charge in [-0.05, 0) is 30.7 Å². The molecule has 0 radical (unpaired) electrons. The minimum absolute atomic E-state index is 0.138. The Morgan fingerprint density at radius 3 is 2.71 bits per heavy atom. The molecule has 0 aliphatic rings. The van der Waals surface area contributed by atoms with Gasteiger partial charge in [0.05, 0.1) is 11.9 Å². The smallest absolute Gasteiger partial charge is 0.263 e. The van der Waals surface area contributed by atoms with E-state index in [0.717, 1.165) is 10.6 Å². The molecule has 0 aliphatic heterocycles. The molecule has 0 spiro atoms. The molecule has 0 aliphatic carbocycles. The number of amides is 1. The van der Waals surface area contributed by atoms with Gasteiger partial charge in [0.25, 0.3) is 5.91 Å². The van der Waals surface area contributed by atoms with Crippen LogP contribution < -0.4 is 10.1 Å². The maximum absolute atomic E-state index is 12.3. The lowest BCUT2D eigenvalue weighted by molar-refractivity contribution is 0.0954. The first-order valence-electron chi connectivity index (χ1n) is 7.38. The van der Waals surface area contributed by atoms with E-state index in [0.29, 0.717) is 29.5 Å². The average Bonchev–Trinajstić information content (AvgIpc) is 3.00. The van der Waals surface area contributed by atoms with Crippen molar-refractivity contribution in [3.05, 3.63) is 70.2 Å². The lowest BCUT2D eigenvalue weighted by Gasteiger charge is -2.03. The summed E-state index contributed by atoms with van der Waals surface area (Å²) in [4.78, 5) is 25.3.